The fourth-order valence-electron chi connectivity index (χ4n) is 1.70. The number of hydrogen-bond donors (Lipinski definition) is 1. The van der Waals surface area contributed by atoms with E-state index < -0.39 is 0 Å². The molecule has 0 aliphatic rings. The van der Waals surface area contributed by atoms with Crippen LogP contribution in [0.3, 0.4) is 0 Å². The van der Waals surface area contributed by atoms with Crippen LogP contribution in [-0.4, -0.2) is 18.3 Å². The second kappa shape index (κ2) is 7.75. The zero-order chi connectivity index (χ0) is 13.3. The van der Waals surface area contributed by atoms with Crippen LogP contribution >= 0.6 is 11.3 Å². The fraction of sp³-hybridized carbons (Fsp3) is 0.250. The van der Waals surface area contributed by atoms with Crippen LogP contribution < -0.4 is 0 Å². The molecule has 1 N–H and O–H groups in total. The van der Waals surface area contributed by atoms with Crippen molar-refractivity contribution < 1.29 is 9.84 Å². The first-order valence-corrected chi connectivity index (χ1v) is 7.05. The normalized spacial score (nSPS) is 9.95. The van der Waals surface area contributed by atoms with Crippen molar-refractivity contribution in [2.24, 2.45) is 0 Å². The van der Waals surface area contributed by atoms with Crippen molar-refractivity contribution >= 4 is 11.3 Å². The van der Waals surface area contributed by atoms with Crippen LogP contribution in [0, 0.1) is 11.8 Å². The van der Waals surface area contributed by atoms with Crippen LogP contribution in [0.1, 0.15) is 16.0 Å². The number of benzene rings is 1. The Balaban J connectivity index is 1.79. The first-order valence-electron chi connectivity index (χ1n) is 6.17. The number of thiophene rings is 1. The highest BCUT2D eigenvalue weighted by atomic mass is 32.1. The van der Waals surface area contributed by atoms with Gasteiger partial charge in [-0.15, -0.1) is 11.3 Å². The Morgan fingerprint density at radius 2 is 2.16 bits per heavy atom. The van der Waals surface area contributed by atoms with Gasteiger partial charge >= 0.3 is 0 Å². The maximum Gasteiger partial charge on any atom is 0.104 e. The Morgan fingerprint density at radius 3 is 2.95 bits per heavy atom. The van der Waals surface area contributed by atoms with Gasteiger partial charge < -0.3 is 9.84 Å². The number of aliphatic hydroxyl groups excluding tert-OH is 1. The first-order chi connectivity index (χ1) is 9.38. The Kier molecular flexibility index (Phi) is 5.64. The molecule has 0 aliphatic carbocycles. The number of ether oxygens (including phenoxy) is 1. The molecule has 0 saturated carbocycles. The smallest absolute Gasteiger partial charge is 0.104 e. The van der Waals surface area contributed by atoms with Crippen LogP contribution in [0.5, 0.6) is 0 Å². The minimum atomic E-state index is -0.110. The highest BCUT2D eigenvalue weighted by molar-refractivity contribution is 7.09. The molecule has 2 rings (SSSR count). The van der Waals surface area contributed by atoms with E-state index in [4.69, 9.17) is 9.84 Å². The van der Waals surface area contributed by atoms with Crippen molar-refractivity contribution in [3.05, 3.63) is 57.8 Å². The highest BCUT2D eigenvalue weighted by Gasteiger charge is 1.97. The zero-order valence-corrected chi connectivity index (χ0v) is 11.5. The summed E-state index contributed by atoms with van der Waals surface area (Å²) in [5, 5.41) is 10.7. The maximum absolute atomic E-state index is 8.66. The molecule has 0 fully saturated rings. The summed E-state index contributed by atoms with van der Waals surface area (Å²) in [7, 11) is 0. The van der Waals surface area contributed by atoms with Gasteiger partial charge in [-0.2, -0.15) is 0 Å². The summed E-state index contributed by atoms with van der Waals surface area (Å²) in [4.78, 5) is 1.35. The molecule has 0 spiro atoms. The zero-order valence-electron chi connectivity index (χ0n) is 10.6. The SMILES string of the molecule is OCC#Cc1cccc(COCCc2cccs2)c1. The fourth-order valence-corrected chi connectivity index (χ4v) is 2.39. The summed E-state index contributed by atoms with van der Waals surface area (Å²) in [5.41, 5.74) is 2.02. The van der Waals surface area contributed by atoms with Gasteiger partial charge in [-0.3, -0.25) is 0 Å². The third-order valence-corrected chi connectivity index (χ3v) is 3.52. The lowest BCUT2D eigenvalue weighted by atomic mass is 10.1. The number of aliphatic hydroxyl groups is 1. The lowest BCUT2D eigenvalue weighted by Crippen LogP contribution is -1.98. The molecule has 2 nitrogen and oxygen atoms in total. The Morgan fingerprint density at radius 1 is 1.21 bits per heavy atom. The summed E-state index contributed by atoms with van der Waals surface area (Å²) in [6, 6.07) is 12.1. The molecular formula is C16H16O2S. The molecule has 0 unspecified atom stereocenters. The molecule has 0 aliphatic heterocycles. The molecule has 19 heavy (non-hydrogen) atoms. The van der Waals surface area contributed by atoms with E-state index >= 15 is 0 Å². The van der Waals surface area contributed by atoms with Crippen molar-refractivity contribution in [1.29, 1.82) is 0 Å². The summed E-state index contributed by atoms with van der Waals surface area (Å²) in [6.07, 6.45) is 0.960. The Hall–Kier alpha value is -1.60. The maximum atomic E-state index is 8.66. The van der Waals surface area contributed by atoms with Crippen molar-refractivity contribution in [2.75, 3.05) is 13.2 Å². The largest absolute Gasteiger partial charge is 0.384 e. The van der Waals surface area contributed by atoms with Crippen molar-refractivity contribution in [2.45, 2.75) is 13.0 Å². The molecular weight excluding hydrogens is 256 g/mol. The van der Waals surface area contributed by atoms with E-state index in [-0.39, 0.29) is 6.61 Å². The van der Waals surface area contributed by atoms with E-state index in [2.05, 4.69) is 29.4 Å². The van der Waals surface area contributed by atoms with Gasteiger partial charge in [-0.1, -0.05) is 30.0 Å². The molecule has 1 aromatic carbocycles. The minimum Gasteiger partial charge on any atom is -0.384 e. The lowest BCUT2D eigenvalue weighted by molar-refractivity contribution is 0.124. The lowest BCUT2D eigenvalue weighted by Gasteiger charge is -2.04. The van der Waals surface area contributed by atoms with Gasteiger partial charge in [0.1, 0.15) is 6.61 Å². The van der Waals surface area contributed by atoms with E-state index in [9.17, 15) is 0 Å². The molecule has 0 radical (unpaired) electrons. The van der Waals surface area contributed by atoms with Crippen molar-refractivity contribution in [1.82, 2.24) is 0 Å². The van der Waals surface area contributed by atoms with Crippen LogP contribution in [0.15, 0.2) is 41.8 Å². The van der Waals surface area contributed by atoms with Gasteiger partial charge in [0.25, 0.3) is 0 Å². The predicted octanol–water partition coefficient (Wildman–Crippen LogP) is 2.85. The molecule has 1 heterocycles. The third-order valence-electron chi connectivity index (χ3n) is 2.58. The monoisotopic (exact) mass is 272 g/mol. The van der Waals surface area contributed by atoms with Gasteiger partial charge in [0.05, 0.1) is 13.2 Å². The number of hydrogen-bond acceptors (Lipinski definition) is 3. The number of rotatable bonds is 5. The second-order valence-electron chi connectivity index (χ2n) is 4.04. The molecule has 0 saturated heterocycles. The van der Waals surface area contributed by atoms with Crippen molar-refractivity contribution in [3.63, 3.8) is 0 Å². The van der Waals surface area contributed by atoms with Gasteiger partial charge in [-0.05, 0) is 29.1 Å². The van der Waals surface area contributed by atoms with Crippen LogP contribution in [0.4, 0.5) is 0 Å². The van der Waals surface area contributed by atoms with Crippen molar-refractivity contribution in [3.8, 4) is 11.8 Å². The van der Waals surface area contributed by atoms with Crippen LogP contribution in [-0.2, 0) is 17.8 Å². The van der Waals surface area contributed by atoms with Gasteiger partial charge in [0.2, 0.25) is 0 Å². The summed E-state index contributed by atoms with van der Waals surface area (Å²) in [5.74, 6) is 5.54. The molecule has 2 aromatic rings. The average Bonchev–Trinajstić information content (AvgIpc) is 2.95. The summed E-state index contributed by atoms with van der Waals surface area (Å²) >= 11 is 1.76. The molecule has 0 bridgehead atoms. The van der Waals surface area contributed by atoms with Gasteiger partial charge in [-0.25, -0.2) is 0 Å². The predicted molar refractivity (Wildman–Crippen MR) is 78.1 cm³/mol. The Bertz CT molecular complexity index is 550. The van der Waals surface area contributed by atoms with Gasteiger partial charge in [0, 0.05) is 16.9 Å². The van der Waals surface area contributed by atoms with Gasteiger partial charge in [0.15, 0.2) is 0 Å². The standard InChI is InChI=1S/C16H16O2S/c17-9-2-6-14-4-1-5-15(12-14)13-18-10-8-16-7-3-11-19-16/h1,3-5,7,11-12,17H,8-10,13H2. The Labute approximate surface area is 117 Å². The molecule has 98 valence electrons. The van der Waals surface area contributed by atoms with E-state index in [1.807, 2.05) is 24.3 Å². The van der Waals surface area contributed by atoms with E-state index in [0.717, 1.165) is 24.2 Å². The van der Waals surface area contributed by atoms with E-state index in [1.54, 1.807) is 11.3 Å². The highest BCUT2D eigenvalue weighted by Crippen LogP contribution is 2.10. The summed E-state index contributed by atoms with van der Waals surface area (Å²) < 4.78 is 5.66. The topological polar surface area (TPSA) is 29.5 Å². The minimum absolute atomic E-state index is 0.110. The third kappa shape index (κ3) is 4.88. The molecule has 3 heteroatoms. The van der Waals surface area contributed by atoms with Crippen LogP contribution in [0.2, 0.25) is 0 Å². The van der Waals surface area contributed by atoms with E-state index in [0.29, 0.717) is 6.61 Å². The van der Waals surface area contributed by atoms with E-state index in [1.165, 1.54) is 4.88 Å². The summed E-state index contributed by atoms with van der Waals surface area (Å²) in [6.45, 7) is 1.22. The molecule has 1 aromatic heterocycles. The average molecular weight is 272 g/mol. The van der Waals surface area contributed by atoms with Crippen LogP contribution in [0.25, 0.3) is 0 Å². The first kappa shape index (κ1) is 13.8. The quantitative estimate of drug-likeness (QED) is 0.670. The second-order valence-corrected chi connectivity index (χ2v) is 5.07. The molecule has 0 amide bonds. The molecule has 0 atom stereocenters.